The molecule has 3 nitrogen and oxygen atoms in total. The highest BCUT2D eigenvalue weighted by Crippen LogP contribution is 2.27. The number of nitrogens with zero attached hydrogens (tertiary/aromatic N) is 2. The predicted octanol–water partition coefficient (Wildman–Crippen LogP) is 2.58. The first kappa shape index (κ1) is 9.36. The number of nitrogen functional groups attached to an aromatic ring is 1. The Kier molecular flexibility index (Phi) is 2.35. The van der Waals surface area contributed by atoms with Gasteiger partial charge >= 0.3 is 0 Å². The van der Waals surface area contributed by atoms with E-state index >= 15 is 0 Å². The summed E-state index contributed by atoms with van der Waals surface area (Å²) < 4.78 is 17.1. The summed E-state index contributed by atoms with van der Waals surface area (Å²) in [6.07, 6.45) is 0. The third-order valence-electron chi connectivity index (χ3n) is 1.60. The summed E-state index contributed by atoms with van der Waals surface area (Å²) in [6, 6.07) is 4.26. The Morgan fingerprint density at radius 3 is 2.86 bits per heavy atom. The average molecular weight is 230 g/mol. The van der Waals surface area contributed by atoms with E-state index in [1.54, 1.807) is 0 Å². The van der Waals surface area contributed by atoms with Crippen LogP contribution >= 0.6 is 23.1 Å². The molecule has 72 valence electrons. The molecule has 1 aromatic carbocycles. The molecule has 0 unspecified atom stereocenters. The van der Waals surface area contributed by atoms with Gasteiger partial charge in [0.05, 0.1) is 0 Å². The van der Waals surface area contributed by atoms with Crippen LogP contribution in [0.5, 0.6) is 0 Å². The molecule has 0 aliphatic heterocycles. The molecule has 2 rings (SSSR count). The molecule has 2 N–H and O–H groups in total. The molecule has 14 heavy (non-hydrogen) atoms. The molecule has 1 heterocycles. The van der Waals surface area contributed by atoms with Crippen LogP contribution < -0.4 is 5.73 Å². The van der Waals surface area contributed by atoms with Gasteiger partial charge in [0.1, 0.15) is 10.8 Å². The number of rotatable bonds is 1. The summed E-state index contributed by atoms with van der Waals surface area (Å²) in [5, 5.41) is 0.887. The first-order valence-electron chi connectivity index (χ1n) is 3.71. The Balaban J connectivity index is 2.55. The van der Waals surface area contributed by atoms with Crippen molar-refractivity contribution in [2.75, 3.05) is 5.73 Å². The second-order valence-electron chi connectivity index (χ2n) is 2.58. The molecule has 0 amide bonds. The van der Waals surface area contributed by atoms with E-state index in [1.165, 1.54) is 18.2 Å². The third-order valence-corrected chi connectivity index (χ3v) is 2.60. The van der Waals surface area contributed by atoms with Crippen LogP contribution in [0.2, 0.25) is 5.02 Å². The van der Waals surface area contributed by atoms with E-state index in [0.717, 1.165) is 11.5 Å². The third kappa shape index (κ3) is 1.69. The fraction of sp³-hybridized carbons (Fsp3) is 0. The average Bonchev–Trinajstić information content (AvgIpc) is 2.56. The van der Waals surface area contributed by atoms with Gasteiger partial charge in [-0.05, 0) is 29.7 Å². The lowest BCUT2D eigenvalue weighted by Gasteiger charge is -1.97. The van der Waals surface area contributed by atoms with Crippen LogP contribution in [0.3, 0.4) is 0 Å². The highest BCUT2D eigenvalue weighted by molar-refractivity contribution is 7.09. The molecular weight excluding hydrogens is 225 g/mol. The second kappa shape index (κ2) is 3.51. The normalized spacial score (nSPS) is 10.4. The van der Waals surface area contributed by atoms with Crippen LogP contribution in [-0.4, -0.2) is 9.36 Å². The van der Waals surface area contributed by atoms with E-state index in [4.69, 9.17) is 17.3 Å². The maximum Gasteiger partial charge on any atom is 0.232 e. The molecule has 0 aliphatic rings. The summed E-state index contributed by atoms with van der Waals surface area (Å²) in [5.74, 6) is -0.241. The minimum absolute atomic E-state index is 0.143. The van der Waals surface area contributed by atoms with Gasteiger partial charge in [-0.3, -0.25) is 0 Å². The number of anilines is 1. The van der Waals surface area contributed by atoms with Crippen LogP contribution in [0.4, 0.5) is 10.3 Å². The highest BCUT2D eigenvalue weighted by Gasteiger charge is 2.10. The lowest BCUT2D eigenvalue weighted by molar-refractivity contribution is 0.631. The molecule has 1 aromatic heterocycles. The zero-order valence-electron chi connectivity index (χ0n) is 6.87. The summed E-state index contributed by atoms with van der Waals surface area (Å²) in [4.78, 5) is 3.87. The van der Waals surface area contributed by atoms with Crippen LogP contribution in [0, 0.1) is 5.82 Å². The standard InChI is InChI=1S/C8H5ClFN3S/c9-4-1-2-6(10)5(3-4)7-12-8(11)13-14-7/h1-3H,(H2,11,13). The first-order chi connectivity index (χ1) is 6.66. The van der Waals surface area contributed by atoms with Gasteiger partial charge in [-0.15, -0.1) is 0 Å². The number of aromatic nitrogens is 2. The lowest BCUT2D eigenvalue weighted by atomic mass is 10.2. The monoisotopic (exact) mass is 229 g/mol. The summed E-state index contributed by atoms with van der Waals surface area (Å²) in [7, 11) is 0. The largest absolute Gasteiger partial charge is 0.367 e. The lowest BCUT2D eigenvalue weighted by Crippen LogP contribution is -1.87. The maximum atomic E-state index is 13.3. The van der Waals surface area contributed by atoms with Crippen molar-refractivity contribution in [3.8, 4) is 10.6 Å². The fourth-order valence-corrected chi connectivity index (χ4v) is 1.79. The second-order valence-corrected chi connectivity index (χ2v) is 3.77. The summed E-state index contributed by atoms with van der Waals surface area (Å²) in [6.45, 7) is 0. The molecule has 0 aliphatic carbocycles. The zero-order chi connectivity index (χ0) is 10.1. The molecule has 0 bridgehead atoms. The SMILES string of the molecule is Nc1nsc(-c2cc(Cl)ccc2F)n1. The molecule has 0 fully saturated rings. The van der Waals surface area contributed by atoms with E-state index < -0.39 is 0 Å². The van der Waals surface area contributed by atoms with E-state index in [1.807, 2.05) is 0 Å². The summed E-state index contributed by atoms with van der Waals surface area (Å²) in [5.41, 5.74) is 5.66. The molecule has 2 aromatic rings. The number of hydrogen-bond acceptors (Lipinski definition) is 4. The van der Waals surface area contributed by atoms with Crippen LogP contribution in [0.1, 0.15) is 0 Å². The maximum absolute atomic E-state index is 13.3. The van der Waals surface area contributed by atoms with Crippen LogP contribution in [-0.2, 0) is 0 Å². The van der Waals surface area contributed by atoms with E-state index in [2.05, 4.69) is 9.36 Å². The van der Waals surface area contributed by atoms with Gasteiger partial charge in [-0.1, -0.05) is 11.6 Å². The van der Waals surface area contributed by atoms with Gasteiger partial charge in [0.15, 0.2) is 0 Å². The van der Waals surface area contributed by atoms with Gasteiger partial charge in [-0.25, -0.2) is 4.39 Å². The fourth-order valence-electron chi connectivity index (χ4n) is 1.01. The first-order valence-corrected chi connectivity index (χ1v) is 4.86. The molecular formula is C8H5ClFN3S. The topological polar surface area (TPSA) is 51.8 Å². The van der Waals surface area contributed by atoms with Crippen molar-refractivity contribution in [2.24, 2.45) is 0 Å². The van der Waals surface area contributed by atoms with Crippen LogP contribution in [0.15, 0.2) is 18.2 Å². The quantitative estimate of drug-likeness (QED) is 0.818. The van der Waals surface area contributed by atoms with E-state index in [0.29, 0.717) is 15.6 Å². The molecule has 0 spiro atoms. The number of benzene rings is 1. The number of nitrogens with two attached hydrogens (primary N) is 1. The van der Waals surface area contributed by atoms with Crippen molar-refractivity contribution in [1.29, 1.82) is 0 Å². The number of hydrogen-bond donors (Lipinski definition) is 1. The predicted molar refractivity (Wildman–Crippen MR) is 54.7 cm³/mol. The smallest absolute Gasteiger partial charge is 0.232 e. The van der Waals surface area contributed by atoms with Crippen molar-refractivity contribution in [3.05, 3.63) is 29.0 Å². The van der Waals surface area contributed by atoms with Gasteiger partial charge in [0.2, 0.25) is 5.95 Å². The minimum Gasteiger partial charge on any atom is -0.367 e. The molecule has 6 heteroatoms. The highest BCUT2D eigenvalue weighted by atomic mass is 35.5. The van der Waals surface area contributed by atoms with Crippen molar-refractivity contribution in [1.82, 2.24) is 9.36 Å². The number of halogens is 2. The van der Waals surface area contributed by atoms with Gasteiger partial charge in [0, 0.05) is 10.6 Å². The van der Waals surface area contributed by atoms with E-state index in [-0.39, 0.29) is 11.8 Å². The zero-order valence-corrected chi connectivity index (χ0v) is 8.44. The van der Waals surface area contributed by atoms with Crippen molar-refractivity contribution >= 4 is 29.1 Å². The Bertz CT molecular complexity index is 471. The molecule has 0 radical (unpaired) electrons. The minimum atomic E-state index is -0.384. The van der Waals surface area contributed by atoms with Gasteiger partial charge in [-0.2, -0.15) is 9.36 Å². The Labute approximate surface area is 88.5 Å². The Morgan fingerprint density at radius 2 is 2.21 bits per heavy atom. The summed E-state index contributed by atoms with van der Waals surface area (Å²) >= 11 is 6.77. The van der Waals surface area contributed by atoms with Crippen molar-refractivity contribution < 1.29 is 4.39 Å². The van der Waals surface area contributed by atoms with Crippen molar-refractivity contribution in [3.63, 3.8) is 0 Å². The van der Waals surface area contributed by atoms with Crippen molar-refractivity contribution in [2.45, 2.75) is 0 Å². The molecule has 0 saturated heterocycles. The Hall–Kier alpha value is -1.20. The van der Waals surface area contributed by atoms with Gasteiger partial charge in [0.25, 0.3) is 0 Å². The molecule has 0 saturated carbocycles. The van der Waals surface area contributed by atoms with Crippen LogP contribution in [0.25, 0.3) is 10.6 Å². The molecule has 0 atom stereocenters. The van der Waals surface area contributed by atoms with E-state index in [9.17, 15) is 4.39 Å². The van der Waals surface area contributed by atoms with Gasteiger partial charge < -0.3 is 5.73 Å². The Morgan fingerprint density at radius 1 is 1.43 bits per heavy atom.